The highest BCUT2D eigenvalue weighted by Gasteiger charge is 2.09. The van der Waals surface area contributed by atoms with Crippen molar-refractivity contribution in [2.45, 2.75) is 0 Å². The van der Waals surface area contributed by atoms with Crippen molar-refractivity contribution in [3.05, 3.63) is 28.2 Å². The van der Waals surface area contributed by atoms with Gasteiger partial charge in [0.15, 0.2) is 0 Å². The molecule has 0 bridgehead atoms. The van der Waals surface area contributed by atoms with Gasteiger partial charge >= 0.3 is 0 Å². The monoisotopic (exact) mass is 259 g/mol. The third-order valence-electron chi connectivity index (χ3n) is 1.60. The second-order valence-corrected chi connectivity index (χ2v) is 3.56. The molecule has 0 aliphatic rings. The maximum atomic E-state index is 11.3. The lowest BCUT2D eigenvalue weighted by Gasteiger charge is -2.05. The molecule has 0 fully saturated rings. The average Bonchev–Trinajstić information content (AvgIpc) is 2.14. The third kappa shape index (κ3) is 2.71. The molecule has 5 heteroatoms. The Morgan fingerprint density at radius 2 is 2.21 bits per heavy atom. The molecule has 0 spiro atoms. The predicted molar refractivity (Wildman–Crippen MR) is 55.2 cm³/mol. The average molecular weight is 260 g/mol. The normalized spacial score (nSPS) is 9.86. The maximum absolute atomic E-state index is 11.3. The molecule has 14 heavy (non-hydrogen) atoms. The molecule has 1 aromatic carbocycles. The van der Waals surface area contributed by atoms with Gasteiger partial charge in [-0.3, -0.25) is 4.79 Å². The summed E-state index contributed by atoms with van der Waals surface area (Å²) in [6.07, 6.45) is 0. The summed E-state index contributed by atoms with van der Waals surface area (Å²) in [4.78, 5) is 11.3. The van der Waals surface area contributed by atoms with Gasteiger partial charge in [-0.2, -0.15) is 0 Å². The van der Waals surface area contributed by atoms with Crippen molar-refractivity contribution >= 4 is 21.8 Å². The van der Waals surface area contributed by atoms with Crippen LogP contribution >= 0.6 is 15.9 Å². The van der Waals surface area contributed by atoms with Gasteiger partial charge in [0.1, 0.15) is 5.75 Å². The van der Waals surface area contributed by atoms with Gasteiger partial charge in [0.2, 0.25) is 0 Å². The standard InChI is InChI=1S/C9H10BrNO3/c10-6-1-2-7(8(13)5-6)9(14)11-3-4-12/h1-2,5,12-13H,3-4H2,(H,11,14). The number of carbonyl (C=O) groups excluding carboxylic acids is 1. The first kappa shape index (κ1) is 11.0. The highest BCUT2D eigenvalue weighted by molar-refractivity contribution is 9.10. The van der Waals surface area contributed by atoms with Crippen LogP contribution in [0.5, 0.6) is 5.75 Å². The zero-order valence-corrected chi connectivity index (χ0v) is 8.91. The van der Waals surface area contributed by atoms with E-state index in [-0.39, 0.29) is 24.5 Å². The van der Waals surface area contributed by atoms with Gasteiger partial charge in [0.25, 0.3) is 5.91 Å². The Balaban J connectivity index is 2.80. The number of rotatable bonds is 3. The Hall–Kier alpha value is -1.07. The highest BCUT2D eigenvalue weighted by Crippen LogP contribution is 2.21. The summed E-state index contributed by atoms with van der Waals surface area (Å²) in [7, 11) is 0. The van der Waals surface area contributed by atoms with E-state index in [1.807, 2.05) is 0 Å². The predicted octanol–water partition coefficient (Wildman–Crippen LogP) is 0.877. The number of hydrogen-bond donors (Lipinski definition) is 3. The summed E-state index contributed by atoms with van der Waals surface area (Å²) in [5.41, 5.74) is 0.196. The number of aliphatic hydroxyl groups is 1. The molecule has 0 radical (unpaired) electrons. The van der Waals surface area contributed by atoms with E-state index in [0.29, 0.717) is 4.47 Å². The largest absolute Gasteiger partial charge is 0.507 e. The van der Waals surface area contributed by atoms with E-state index in [1.54, 1.807) is 6.07 Å². The minimum Gasteiger partial charge on any atom is -0.507 e. The van der Waals surface area contributed by atoms with E-state index < -0.39 is 5.91 Å². The molecule has 1 rings (SSSR count). The van der Waals surface area contributed by atoms with Crippen LogP contribution in [0.3, 0.4) is 0 Å². The Kier molecular flexibility index (Phi) is 3.91. The molecular weight excluding hydrogens is 250 g/mol. The Bertz CT molecular complexity index is 341. The quantitative estimate of drug-likeness (QED) is 0.755. The number of phenolic OH excluding ortho intramolecular Hbond substituents is 1. The molecule has 1 amide bonds. The first-order valence-corrected chi connectivity index (χ1v) is 4.82. The molecule has 0 saturated heterocycles. The number of aromatic hydroxyl groups is 1. The maximum Gasteiger partial charge on any atom is 0.255 e. The van der Waals surface area contributed by atoms with Gasteiger partial charge < -0.3 is 15.5 Å². The second kappa shape index (κ2) is 4.97. The summed E-state index contributed by atoms with van der Waals surface area (Å²) in [5, 5.41) is 20.3. The summed E-state index contributed by atoms with van der Waals surface area (Å²) >= 11 is 3.17. The van der Waals surface area contributed by atoms with Gasteiger partial charge in [-0.05, 0) is 18.2 Å². The third-order valence-corrected chi connectivity index (χ3v) is 2.10. The molecular formula is C9H10BrNO3. The molecule has 4 nitrogen and oxygen atoms in total. The van der Waals surface area contributed by atoms with E-state index in [4.69, 9.17) is 5.11 Å². The summed E-state index contributed by atoms with van der Waals surface area (Å²) in [6.45, 7) is 0.0529. The fourth-order valence-corrected chi connectivity index (χ4v) is 1.31. The molecule has 0 atom stereocenters. The van der Waals surface area contributed by atoms with E-state index >= 15 is 0 Å². The number of hydrogen-bond acceptors (Lipinski definition) is 3. The van der Waals surface area contributed by atoms with Crippen molar-refractivity contribution in [1.29, 1.82) is 0 Å². The zero-order valence-electron chi connectivity index (χ0n) is 7.33. The van der Waals surface area contributed by atoms with Crippen LogP contribution in [0, 0.1) is 0 Å². The van der Waals surface area contributed by atoms with E-state index in [1.165, 1.54) is 12.1 Å². The SMILES string of the molecule is O=C(NCCO)c1ccc(Br)cc1O. The Morgan fingerprint density at radius 1 is 1.50 bits per heavy atom. The van der Waals surface area contributed by atoms with Crippen LogP contribution in [-0.2, 0) is 0 Å². The number of halogens is 1. The minimum absolute atomic E-state index is 0.0881. The van der Waals surface area contributed by atoms with Gasteiger partial charge in [-0.15, -0.1) is 0 Å². The van der Waals surface area contributed by atoms with E-state index in [9.17, 15) is 9.90 Å². The minimum atomic E-state index is -0.399. The lowest BCUT2D eigenvalue weighted by atomic mass is 10.2. The topological polar surface area (TPSA) is 69.6 Å². The van der Waals surface area contributed by atoms with Crippen LogP contribution in [0.4, 0.5) is 0 Å². The van der Waals surface area contributed by atoms with Crippen molar-refractivity contribution in [2.75, 3.05) is 13.2 Å². The molecule has 1 aromatic rings. The van der Waals surface area contributed by atoms with Crippen molar-refractivity contribution in [3.8, 4) is 5.75 Å². The fourth-order valence-electron chi connectivity index (χ4n) is 0.961. The van der Waals surface area contributed by atoms with E-state index in [2.05, 4.69) is 21.2 Å². The van der Waals surface area contributed by atoms with E-state index in [0.717, 1.165) is 0 Å². The van der Waals surface area contributed by atoms with Gasteiger partial charge in [-0.25, -0.2) is 0 Å². The highest BCUT2D eigenvalue weighted by atomic mass is 79.9. The summed E-state index contributed by atoms with van der Waals surface area (Å²) < 4.78 is 0.703. The van der Waals surface area contributed by atoms with Gasteiger partial charge in [-0.1, -0.05) is 15.9 Å². The van der Waals surface area contributed by atoms with Crippen molar-refractivity contribution < 1.29 is 15.0 Å². The zero-order chi connectivity index (χ0) is 10.6. The van der Waals surface area contributed by atoms with Gasteiger partial charge in [0, 0.05) is 11.0 Å². The number of nitrogens with one attached hydrogen (secondary N) is 1. The Labute approximate surface area is 89.7 Å². The molecule has 76 valence electrons. The van der Waals surface area contributed by atoms with Crippen molar-refractivity contribution in [1.82, 2.24) is 5.32 Å². The van der Waals surface area contributed by atoms with Crippen LogP contribution in [0.2, 0.25) is 0 Å². The molecule has 0 unspecified atom stereocenters. The van der Waals surface area contributed by atoms with Crippen LogP contribution in [0.25, 0.3) is 0 Å². The smallest absolute Gasteiger partial charge is 0.255 e. The number of carbonyl (C=O) groups is 1. The molecule has 0 saturated carbocycles. The number of aliphatic hydroxyl groups excluding tert-OH is 1. The Morgan fingerprint density at radius 3 is 2.79 bits per heavy atom. The lowest BCUT2D eigenvalue weighted by molar-refractivity contribution is 0.0942. The molecule has 0 aromatic heterocycles. The number of amides is 1. The first-order chi connectivity index (χ1) is 6.65. The van der Waals surface area contributed by atoms with Crippen molar-refractivity contribution in [2.24, 2.45) is 0 Å². The van der Waals surface area contributed by atoms with Crippen LogP contribution < -0.4 is 5.32 Å². The first-order valence-electron chi connectivity index (χ1n) is 4.02. The van der Waals surface area contributed by atoms with Crippen molar-refractivity contribution in [3.63, 3.8) is 0 Å². The van der Waals surface area contributed by atoms with Crippen LogP contribution in [0.1, 0.15) is 10.4 Å². The second-order valence-electron chi connectivity index (χ2n) is 2.64. The lowest BCUT2D eigenvalue weighted by Crippen LogP contribution is -2.26. The number of benzene rings is 1. The summed E-state index contributed by atoms with van der Waals surface area (Å²) in [6, 6.07) is 4.60. The molecule has 0 aliphatic carbocycles. The fraction of sp³-hybridized carbons (Fsp3) is 0.222. The van der Waals surface area contributed by atoms with Crippen LogP contribution in [0.15, 0.2) is 22.7 Å². The molecule has 0 aliphatic heterocycles. The molecule has 0 heterocycles. The van der Waals surface area contributed by atoms with Gasteiger partial charge in [0.05, 0.1) is 12.2 Å². The van der Waals surface area contributed by atoms with Crippen LogP contribution in [-0.4, -0.2) is 29.3 Å². The summed E-state index contributed by atoms with van der Waals surface area (Å²) in [5.74, 6) is -0.487. The molecule has 3 N–H and O–H groups in total. The number of phenols is 1.